The number of nitrogens with one attached hydrogen (secondary N) is 2. The first-order chi connectivity index (χ1) is 23.6. The third-order valence-corrected chi connectivity index (χ3v) is 9.18. The summed E-state index contributed by atoms with van der Waals surface area (Å²) in [5, 5.41) is 6.43. The SMILES string of the molecule is CCCCCCCCCCCCCCCCCCNC(=O)OCC(NC(c1ccccc1)(c1ccccc1)c1ccccc1)C(=O)OC. The van der Waals surface area contributed by atoms with E-state index in [-0.39, 0.29) is 6.61 Å². The molecule has 0 spiro atoms. The molecule has 262 valence electrons. The van der Waals surface area contributed by atoms with E-state index in [0.29, 0.717) is 6.54 Å². The summed E-state index contributed by atoms with van der Waals surface area (Å²) < 4.78 is 10.8. The summed E-state index contributed by atoms with van der Waals surface area (Å²) in [6.07, 6.45) is 20.4. The molecule has 0 fully saturated rings. The smallest absolute Gasteiger partial charge is 0.407 e. The van der Waals surface area contributed by atoms with Crippen LogP contribution in [0.5, 0.6) is 0 Å². The van der Waals surface area contributed by atoms with Crippen LogP contribution in [0.15, 0.2) is 91.0 Å². The topological polar surface area (TPSA) is 76.7 Å². The van der Waals surface area contributed by atoms with Crippen molar-refractivity contribution in [3.05, 3.63) is 108 Å². The Morgan fingerprint density at radius 1 is 0.583 bits per heavy atom. The van der Waals surface area contributed by atoms with Gasteiger partial charge in [-0.2, -0.15) is 0 Å². The van der Waals surface area contributed by atoms with Crippen molar-refractivity contribution in [2.75, 3.05) is 20.3 Å². The van der Waals surface area contributed by atoms with Crippen LogP contribution in [-0.2, 0) is 19.8 Å². The van der Waals surface area contributed by atoms with Gasteiger partial charge in [0.25, 0.3) is 0 Å². The van der Waals surface area contributed by atoms with Crippen LogP contribution < -0.4 is 10.6 Å². The molecule has 0 aliphatic rings. The molecule has 3 rings (SSSR count). The van der Waals surface area contributed by atoms with Crippen LogP contribution in [0, 0.1) is 0 Å². The highest BCUT2D eigenvalue weighted by molar-refractivity contribution is 5.77. The lowest BCUT2D eigenvalue weighted by Gasteiger charge is -2.39. The van der Waals surface area contributed by atoms with E-state index in [9.17, 15) is 9.59 Å². The Kier molecular flexibility index (Phi) is 19.1. The number of benzene rings is 3. The van der Waals surface area contributed by atoms with Crippen molar-refractivity contribution in [2.24, 2.45) is 0 Å². The predicted molar refractivity (Wildman–Crippen MR) is 197 cm³/mol. The van der Waals surface area contributed by atoms with Crippen LogP contribution in [0.1, 0.15) is 126 Å². The molecular weight excluding hydrogens is 596 g/mol. The van der Waals surface area contributed by atoms with Gasteiger partial charge in [0.2, 0.25) is 0 Å². The van der Waals surface area contributed by atoms with Crippen molar-refractivity contribution in [3.8, 4) is 0 Å². The fourth-order valence-corrected chi connectivity index (χ4v) is 6.46. The summed E-state index contributed by atoms with van der Waals surface area (Å²) in [5.74, 6) is -0.507. The first kappa shape index (κ1) is 38.8. The summed E-state index contributed by atoms with van der Waals surface area (Å²) in [7, 11) is 1.35. The highest BCUT2D eigenvalue weighted by atomic mass is 16.6. The van der Waals surface area contributed by atoms with Gasteiger partial charge in [0.15, 0.2) is 0 Å². The Morgan fingerprint density at radius 2 is 0.958 bits per heavy atom. The lowest BCUT2D eigenvalue weighted by atomic mass is 9.76. The molecule has 48 heavy (non-hydrogen) atoms. The molecule has 0 saturated carbocycles. The van der Waals surface area contributed by atoms with E-state index in [1.165, 1.54) is 97.0 Å². The number of carbonyl (C=O) groups excluding carboxylic acids is 2. The van der Waals surface area contributed by atoms with E-state index < -0.39 is 23.6 Å². The van der Waals surface area contributed by atoms with E-state index in [1.807, 2.05) is 91.0 Å². The maximum Gasteiger partial charge on any atom is 0.407 e. The molecule has 0 saturated heterocycles. The fourth-order valence-electron chi connectivity index (χ4n) is 6.46. The minimum atomic E-state index is -0.920. The van der Waals surface area contributed by atoms with Gasteiger partial charge in [-0.15, -0.1) is 0 Å². The van der Waals surface area contributed by atoms with Gasteiger partial charge in [0.05, 0.1) is 12.6 Å². The number of rotatable bonds is 25. The van der Waals surface area contributed by atoms with Crippen LogP contribution in [-0.4, -0.2) is 38.4 Å². The quantitative estimate of drug-likeness (QED) is 0.0539. The molecule has 6 heteroatoms. The molecule has 0 bridgehead atoms. The largest absolute Gasteiger partial charge is 0.468 e. The molecule has 0 aliphatic heterocycles. The van der Waals surface area contributed by atoms with Crippen molar-refractivity contribution < 1.29 is 19.1 Å². The molecular formula is C42H60N2O4. The minimum Gasteiger partial charge on any atom is -0.468 e. The standard InChI is InChI=1S/C42H60N2O4/c1-3-4-5-6-7-8-9-10-11-12-13-14-15-16-17-27-34-43-41(46)48-35-39(40(45)47-2)44-42(36-28-21-18-22-29-36,37-30-23-19-24-31-37)38-32-25-20-26-33-38/h18-26,28-33,39,44H,3-17,27,34-35H2,1-2H3,(H,43,46). The number of hydrogen-bond donors (Lipinski definition) is 2. The number of alkyl carbamates (subject to hydrolysis) is 1. The van der Waals surface area contributed by atoms with Gasteiger partial charge >= 0.3 is 12.1 Å². The summed E-state index contributed by atoms with van der Waals surface area (Å²) in [4.78, 5) is 25.8. The van der Waals surface area contributed by atoms with Crippen LogP contribution in [0.2, 0.25) is 0 Å². The Balaban J connectivity index is 1.42. The van der Waals surface area contributed by atoms with Crippen molar-refractivity contribution in [2.45, 2.75) is 121 Å². The zero-order valence-corrected chi connectivity index (χ0v) is 29.6. The number of ether oxygens (including phenoxy) is 2. The molecule has 0 heterocycles. The highest BCUT2D eigenvalue weighted by Crippen LogP contribution is 2.37. The average molecular weight is 657 g/mol. The van der Waals surface area contributed by atoms with Gasteiger partial charge in [-0.3, -0.25) is 10.1 Å². The number of hydrogen-bond acceptors (Lipinski definition) is 5. The number of esters is 1. The molecule has 0 radical (unpaired) electrons. The van der Waals surface area contributed by atoms with E-state index in [2.05, 4.69) is 17.6 Å². The fraction of sp³-hybridized carbons (Fsp3) is 0.524. The second-order valence-electron chi connectivity index (χ2n) is 12.9. The lowest BCUT2D eigenvalue weighted by molar-refractivity contribution is -0.144. The minimum absolute atomic E-state index is 0.175. The zero-order valence-electron chi connectivity index (χ0n) is 29.6. The molecule has 3 aromatic carbocycles. The molecule has 2 N–H and O–H groups in total. The summed E-state index contributed by atoms with van der Waals surface area (Å²) >= 11 is 0. The third kappa shape index (κ3) is 13.5. The summed E-state index contributed by atoms with van der Waals surface area (Å²) in [6.45, 7) is 2.65. The number of unbranched alkanes of at least 4 members (excludes halogenated alkanes) is 15. The van der Waals surface area contributed by atoms with Gasteiger partial charge < -0.3 is 14.8 Å². The lowest BCUT2D eigenvalue weighted by Crippen LogP contribution is -2.55. The van der Waals surface area contributed by atoms with E-state index in [0.717, 1.165) is 29.5 Å². The van der Waals surface area contributed by atoms with Gasteiger partial charge in [-0.05, 0) is 23.1 Å². The first-order valence-electron chi connectivity index (χ1n) is 18.5. The van der Waals surface area contributed by atoms with Crippen LogP contribution in [0.4, 0.5) is 4.79 Å². The van der Waals surface area contributed by atoms with Crippen molar-refractivity contribution >= 4 is 12.1 Å². The van der Waals surface area contributed by atoms with E-state index in [4.69, 9.17) is 9.47 Å². The zero-order chi connectivity index (χ0) is 34.1. The maximum atomic E-state index is 13.1. The predicted octanol–water partition coefficient (Wildman–Crippen LogP) is 10.1. The van der Waals surface area contributed by atoms with Crippen molar-refractivity contribution in [3.63, 3.8) is 0 Å². The molecule has 0 aliphatic carbocycles. The van der Waals surface area contributed by atoms with Crippen LogP contribution >= 0.6 is 0 Å². The van der Waals surface area contributed by atoms with Gasteiger partial charge in [-0.25, -0.2) is 4.79 Å². The van der Waals surface area contributed by atoms with Gasteiger partial charge in [0, 0.05) is 6.54 Å². The molecule has 1 unspecified atom stereocenters. The van der Waals surface area contributed by atoms with Crippen LogP contribution in [0.25, 0.3) is 0 Å². The second kappa shape index (κ2) is 23.6. The van der Waals surface area contributed by atoms with E-state index in [1.54, 1.807) is 0 Å². The van der Waals surface area contributed by atoms with Gasteiger partial charge in [0.1, 0.15) is 12.6 Å². The monoisotopic (exact) mass is 656 g/mol. The molecule has 3 aromatic rings. The Bertz CT molecular complexity index is 1160. The summed E-state index contributed by atoms with van der Waals surface area (Å²) in [6, 6.07) is 29.1. The molecule has 1 atom stereocenters. The number of carbonyl (C=O) groups is 2. The maximum absolute atomic E-state index is 13.1. The molecule has 6 nitrogen and oxygen atoms in total. The average Bonchev–Trinajstić information content (AvgIpc) is 3.14. The second-order valence-corrected chi connectivity index (χ2v) is 12.9. The van der Waals surface area contributed by atoms with E-state index >= 15 is 0 Å². The molecule has 0 aromatic heterocycles. The Morgan fingerprint density at radius 3 is 1.33 bits per heavy atom. The van der Waals surface area contributed by atoms with Crippen molar-refractivity contribution in [1.29, 1.82) is 0 Å². The van der Waals surface area contributed by atoms with Gasteiger partial charge in [-0.1, -0.05) is 194 Å². The highest BCUT2D eigenvalue weighted by Gasteiger charge is 2.40. The first-order valence-corrected chi connectivity index (χ1v) is 18.5. The summed E-state index contributed by atoms with van der Waals surface area (Å²) in [5.41, 5.74) is 1.94. The Labute approximate surface area is 290 Å². The third-order valence-electron chi connectivity index (χ3n) is 9.18. The number of methoxy groups -OCH3 is 1. The number of amides is 1. The molecule has 1 amide bonds. The normalized spacial score (nSPS) is 12.0. The van der Waals surface area contributed by atoms with Crippen molar-refractivity contribution in [1.82, 2.24) is 10.6 Å². The van der Waals surface area contributed by atoms with Crippen LogP contribution in [0.3, 0.4) is 0 Å². The Hall–Kier alpha value is -3.64.